The maximum Gasteiger partial charge on any atom is 0.417 e. The molecule has 1 amide bonds. The summed E-state index contributed by atoms with van der Waals surface area (Å²) in [5.41, 5.74) is 0.714. The van der Waals surface area contributed by atoms with Crippen molar-refractivity contribution >= 4 is 11.6 Å². The molecular weight excluding hydrogens is 367 g/mol. The third kappa shape index (κ3) is 5.65. The number of alkyl halides is 3. The van der Waals surface area contributed by atoms with Crippen LogP contribution in [0.15, 0.2) is 73.1 Å². The average molecular weight is 387 g/mol. The lowest BCUT2D eigenvalue weighted by molar-refractivity contribution is -0.137. The molecule has 2 aromatic carbocycles. The third-order valence-electron chi connectivity index (χ3n) is 3.61. The molecule has 146 valence electrons. The Labute approximate surface area is 161 Å². The number of rotatable bonds is 3. The maximum absolute atomic E-state index is 13.1. The number of pyridine rings is 1. The number of nitrogens with one attached hydrogen (secondary N) is 2. The summed E-state index contributed by atoms with van der Waals surface area (Å²) in [7, 11) is 3.75. The van der Waals surface area contributed by atoms with Crippen LogP contribution in [0, 0.1) is 0 Å². The molecule has 0 saturated carbocycles. The Bertz CT molecular complexity index is 895. The van der Waals surface area contributed by atoms with Crippen LogP contribution in [0.5, 0.6) is 0 Å². The first-order valence-electron chi connectivity index (χ1n) is 8.43. The number of carbonyl (C=O) groups excluding carboxylic acids is 1. The van der Waals surface area contributed by atoms with Crippen molar-refractivity contribution in [2.24, 2.45) is 0 Å². The molecule has 3 rings (SSSR count). The van der Waals surface area contributed by atoms with Crippen LogP contribution in [0.25, 0.3) is 11.1 Å². The van der Waals surface area contributed by atoms with E-state index in [0.29, 0.717) is 16.8 Å². The van der Waals surface area contributed by atoms with Gasteiger partial charge in [0.2, 0.25) is 0 Å². The van der Waals surface area contributed by atoms with Crippen molar-refractivity contribution in [1.29, 1.82) is 0 Å². The van der Waals surface area contributed by atoms with Crippen molar-refractivity contribution in [3.8, 4) is 11.1 Å². The first-order chi connectivity index (χ1) is 13.4. The largest absolute Gasteiger partial charge is 0.417 e. The zero-order valence-corrected chi connectivity index (χ0v) is 15.4. The van der Waals surface area contributed by atoms with E-state index in [1.807, 2.05) is 14.1 Å². The van der Waals surface area contributed by atoms with E-state index in [2.05, 4.69) is 15.6 Å². The Kier molecular flexibility index (Phi) is 7.28. The minimum absolute atomic E-state index is 0.0973. The molecule has 3 aromatic rings. The number of aromatic nitrogens is 1. The molecule has 2 N–H and O–H groups in total. The van der Waals surface area contributed by atoms with E-state index in [9.17, 15) is 18.0 Å². The molecule has 0 aliphatic rings. The Morgan fingerprint density at radius 3 is 2.14 bits per heavy atom. The fourth-order valence-electron chi connectivity index (χ4n) is 2.42. The number of nitrogens with zero attached hydrogens (tertiary/aromatic N) is 1. The molecule has 0 bridgehead atoms. The first kappa shape index (κ1) is 21.1. The molecule has 0 fully saturated rings. The Morgan fingerprint density at radius 1 is 0.929 bits per heavy atom. The summed E-state index contributed by atoms with van der Waals surface area (Å²) in [5.74, 6) is -0.337. The van der Waals surface area contributed by atoms with E-state index in [1.165, 1.54) is 18.3 Å². The van der Waals surface area contributed by atoms with Crippen LogP contribution in [-0.4, -0.2) is 25.0 Å². The predicted molar refractivity (Wildman–Crippen MR) is 104 cm³/mol. The SMILES string of the molecule is CNC.O=C(Nc1ccc(-c2ccccc2C(F)(F)F)cc1)c1cccnc1. The highest BCUT2D eigenvalue weighted by molar-refractivity contribution is 6.04. The molecule has 0 spiro atoms. The second-order valence-electron chi connectivity index (χ2n) is 5.82. The molecule has 0 aliphatic heterocycles. The average Bonchev–Trinajstić information content (AvgIpc) is 2.69. The van der Waals surface area contributed by atoms with Crippen LogP contribution in [0.3, 0.4) is 0 Å². The number of amides is 1. The van der Waals surface area contributed by atoms with E-state index >= 15 is 0 Å². The predicted octanol–water partition coefficient (Wildman–Crippen LogP) is 4.86. The van der Waals surface area contributed by atoms with Crippen LogP contribution in [-0.2, 0) is 6.18 Å². The van der Waals surface area contributed by atoms with Crippen molar-refractivity contribution in [3.63, 3.8) is 0 Å². The van der Waals surface area contributed by atoms with Crippen molar-refractivity contribution in [2.45, 2.75) is 6.18 Å². The van der Waals surface area contributed by atoms with Gasteiger partial charge in [-0.15, -0.1) is 0 Å². The van der Waals surface area contributed by atoms with Gasteiger partial charge in [-0.25, -0.2) is 0 Å². The highest BCUT2D eigenvalue weighted by atomic mass is 19.4. The summed E-state index contributed by atoms with van der Waals surface area (Å²) in [6.07, 6.45) is -1.43. The van der Waals surface area contributed by atoms with Gasteiger partial charge in [0.1, 0.15) is 0 Å². The van der Waals surface area contributed by atoms with Gasteiger partial charge in [-0.3, -0.25) is 9.78 Å². The number of benzene rings is 2. The van der Waals surface area contributed by atoms with Gasteiger partial charge in [-0.05, 0) is 55.6 Å². The monoisotopic (exact) mass is 387 g/mol. The highest BCUT2D eigenvalue weighted by Crippen LogP contribution is 2.37. The fourth-order valence-corrected chi connectivity index (χ4v) is 2.42. The van der Waals surface area contributed by atoms with Crippen LogP contribution < -0.4 is 10.6 Å². The summed E-state index contributed by atoms with van der Waals surface area (Å²) in [6.45, 7) is 0. The van der Waals surface area contributed by atoms with Crippen molar-refractivity contribution < 1.29 is 18.0 Å². The summed E-state index contributed by atoms with van der Waals surface area (Å²) in [4.78, 5) is 15.9. The van der Waals surface area contributed by atoms with Crippen molar-refractivity contribution in [1.82, 2.24) is 10.3 Å². The lowest BCUT2D eigenvalue weighted by atomic mass is 9.99. The quantitative estimate of drug-likeness (QED) is 0.675. The molecule has 0 saturated heterocycles. The molecular formula is C21H20F3N3O. The molecule has 0 unspecified atom stereocenters. The number of anilines is 1. The molecule has 1 aromatic heterocycles. The minimum Gasteiger partial charge on any atom is -0.323 e. The van der Waals surface area contributed by atoms with Crippen molar-refractivity contribution in [2.75, 3.05) is 19.4 Å². The van der Waals surface area contributed by atoms with Gasteiger partial charge in [0.25, 0.3) is 5.91 Å². The van der Waals surface area contributed by atoms with Gasteiger partial charge in [0.15, 0.2) is 0 Å². The normalized spacial score (nSPS) is 10.6. The fraction of sp³-hybridized carbons (Fsp3) is 0.143. The summed E-state index contributed by atoms with van der Waals surface area (Å²) >= 11 is 0. The standard InChI is InChI=1S/C19H13F3N2O.C2H7N/c20-19(21,22)17-6-2-1-5-16(17)13-7-9-15(10-8-13)24-18(25)14-4-3-11-23-12-14;1-3-2/h1-12H,(H,24,25);3H,1-2H3. The second-order valence-corrected chi connectivity index (χ2v) is 5.82. The molecule has 28 heavy (non-hydrogen) atoms. The van der Waals surface area contributed by atoms with Crippen LogP contribution in [0.4, 0.5) is 18.9 Å². The van der Waals surface area contributed by atoms with Crippen LogP contribution >= 0.6 is 0 Å². The number of hydrogen-bond donors (Lipinski definition) is 2. The van der Waals surface area contributed by atoms with Gasteiger partial charge < -0.3 is 10.6 Å². The van der Waals surface area contributed by atoms with Gasteiger partial charge >= 0.3 is 6.18 Å². The molecule has 0 radical (unpaired) electrons. The molecule has 4 nitrogen and oxygen atoms in total. The minimum atomic E-state index is -4.43. The summed E-state index contributed by atoms with van der Waals surface area (Å²) < 4.78 is 39.3. The maximum atomic E-state index is 13.1. The molecule has 0 atom stereocenters. The Morgan fingerprint density at radius 2 is 1.57 bits per heavy atom. The van der Waals surface area contributed by atoms with E-state index in [4.69, 9.17) is 0 Å². The zero-order chi connectivity index (χ0) is 20.6. The number of halogens is 3. The number of carbonyl (C=O) groups is 1. The van der Waals surface area contributed by atoms with E-state index in [1.54, 1.807) is 48.7 Å². The van der Waals surface area contributed by atoms with Gasteiger partial charge in [0, 0.05) is 18.1 Å². The Hall–Kier alpha value is -3.19. The van der Waals surface area contributed by atoms with Gasteiger partial charge in [-0.2, -0.15) is 13.2 Å². The smallest absolute Gasteiger partial charge is 0.323 e. The lowest BCUT2D eigenvalue weighted by Gasteiger charge is -2.13. The lowest BCUT2D eigenvalue weighted by Crippen LogP contribution is -2.11. The van der Waals surface area contributed by atoms with Crippen molar-refractivity contribution in [3.05, 3.63) is 84.2 Å². The Balaban J connectivity index is 0.000000878. The van der Waals surface area contributed by atoms with Crippen LogP contribution in [0.2, 0.25) is 0 Å². The van der Waals surface area contributed by atoms with E-state index in [-0.39, 0.29) is 11.5 Å². The molecule has 7 heteroatoms. The molecule has 1 heterocycles. The highest BCUT2D eigenvalue weighted by Gasteiger charge is 2.33. The topological polar surface area (TPSA) is 54.0 Å². The molecule has 0 aliphatic carbocycles. The van der Waals surface area contributed by atoms with E-state index < -0.39 is 11.7 Å². The third-order valence-corrected chi connectivity index (χ3v) is 3.61. The zero-order valence-electron chi connectivity index (χ0n) is 15.4. The summed E-state index contributed by atoms with van der Waals surface area (Å²) in [6, 6.07) is 14.9. The van der Waals surface area contributed by atoms with Crippen LogP contribution in [0.1, 0.15) is 15.9 Å². The first-order valence-corrected chi connectivity index (χ1v) is 8.43. The van der Waals surface area contributed by atoms with Gasteiger partial charge in [-0.1, -0.05) is 30.3 Å². The van der Waals surface area contributed by atoms with E-state index in [0.717, 1.165) is 6.07 Å². The second kappa shape index (κ2) is 9.66. The summed E-state index contributed by atoms with van der Waals surface area (Å²) in [5, 5.41) is 5.43. The van der Waals surface area contributed by atoms with Gasteiger partial charge in [0.05, 0.1) is 11.1 Å². The number of hydrogen-bond acceptors (Lipinski definition) is 3.